The number of Topliss-reactive ketones (excluding diaryl/α,β-unsaturated/α-hetero) is 1. The van der Waals surface area contributed by atoms with E-state index in [9.17, 15) is 27.8 Å². The fraction of sp³-hybridized carbons (Fsp3) is 0.600. The molecule has 0 radical (unpaired) electrons. The molecular weight excluding hydrogens is 418 g/mol. The van der Waals surface area contributed by atoms with Crippen LogP contribution in [-0.4, -0.2) is 74.4 Å². The van der Waals surface area contributed by atoms with Gasteiger partial charge in [0.05, 0.1) is 19.6 Å². The van der Waals surface area contributed by atoms with E-state index in [2.05, 4.69) is 4.90 Å². The fourth-order valence-corrected chi connectivity index (χ4v) is 3.66. The number of halogens is 3. The Bertz CT molecular complexity index is 785. The first kappa shape index (κ1) is 23.6. The molecular formula is C20H25BF3NO6. The molecule has 170 valence electrons. The van der Waals surface area contributed by atoms with Gasteiger partial charge in [-0.1, -0.05) is 12.1 Å². The van der Waals surface area contributed by atoms with Crippen molar-refractivity contribution in [2.75, 3.05) is 39.5 Å². The standard InChI is InChI=1S/C20H25BF3NO6/c22-20(23,24)5-4-16(26)13-15-12-14-2-1-3-17(18(14)31-21(15)28)19(27)30-11-8-25-6-9-29-10-7-25/h1-3,15,28H,4-13H2/t15-/m1/s1. The molecule has 1 aromatic rings. The highest BCUT2D eigenvalue weighted by Crippen LogP contribution is 2.37. The molecule has 0 unspecified atom stereocenters. The van der Waals surface area contributed by atoms with E-state index in [0.717, 1.165) is 13.1 Å². The van der Waals surface area contributed by atoms with Crippen LogP contribution in [0.5, 0.6) is 5.75 Å². The van der Waals surface area contributed by atoms with E-state index < -0.39 is 43.7 Å². The van der Waals surface area contributed by atoms with Gasteiger partial charge in [-0.25, -0.2) is 4.79 Å². The van der Waals surface area contributed by atoms with Crippen molar-refractivity contribution in [1.82, 2.24) is 4.90 Å². The lowest BCUT2D eigenvalue weighted by atomic mass is 9.64. The summed E-state index contributed by atoms with van der Waals surface area (Å²) in [7, 11) is -1.40. The van der Waals surface area contributed by atoms with E-state index >= 15 is 0 Å². The topological polar surface area (TPSA) is 85.3 Å². The van der Waals surface area contributed by atoms with Gasteiger partial charge in [0.1, 0.15) is 23.7 Å². The van der Waals surface area contributed by atoms with Crippen LogP contribution < -0.4 is 4.65 Å². The molecule has 1 fully saturated rings. The number of esters is 1. The summed E-state index contributed by atoms with van der Waals surface area (Å²) in [5.41, 5.74) is 0.766. The SMILES string of the molecule is O=C(CCC(F)(F)F)C[C@H]1Cc2cccc(C(=O)OCCN3CCOCC3)c2OB1O. The second-order valence-corrected chi connectivity index (χ2v) is 7.71. The van der Waals surface area contributed by atoms with Crippen molar-refractivity contribution in [3.05, 3.63) is 29.3 Å². The number of rotatable bonds is 8. The predicted octanol–water partition coefficient (Wildman–Crippen LogP) is 2.26. The number of ether oxygens (including phenoxy) is 2. The van der Waals surface area contributed by atoms with E-state index in [4.69, 9.17) is 14.1 Å². The molecule has 0 spiro atoms. The highest BCUT2D eigenvalue weighted by molar-refractivity contribution is 6.47. The van der Waals surface area contributed by atoms with E-state index in [-0.39, 0.29) is 30.8 Å². The Kier molecular flexibility index (Phi) is 7.96. The van der Waals surface area contributed by atoms with Gasteiger partial charge in [-0.2, -0.15) is 13.2 Å². The number of fused-ring (bicyclic) bond motifs is 1. The Balaban J connectivity index is 1.56. The number of hydrogen-bond acceptors (Lipinski definition) is 7. The number of carbonyl (C=O) groups excluding carboxylic acids is 2. The number of alkyl halides is 3. The first-order valence-electron chi connectivity index (χ1n) is 10.3. The van der Waals surface area contributed by atoms with Gasteiger partial charge in [0.25, 0.3) is 0 Å². The van der Waals surface area contributed by atoms with Gasteiger partial charge in [-0.15, -0.1) is 0 Å². The minimum Gasteiger partial charge on any atom is -0.535 e. The van der Waals surface area contributed by atoms with Crippen LogP contribution in [0.4, 0.5) is 13.2 Å². The third kappa shape index (κ3) is 6.95. The van der Waals surface area contributed by atoms with Gasteiger partial charge < -0.3 is 19.2 Å². The Labute approximate surface area is 178 Å². The predicted molar refractivity (Wildman–Crippen MR) is 105 cm³/mol. The third-order valence-corrected chi connectivity index (χ3v) is 5.36. The average molecular weight is 443 g/mol. The first-order chi connectivity index (χ1) is 14.7. The zero-order chi connectivity index (χ0) is 22.4. The molecule has 1 N–H and O–H groups in total. The summed E-state index contributed by atoms with van der Waals surface area (Å²) in [5, 5.41) is 10.3. The van der Waals surface area contributed by atoms with Gasteiger partial charge in [0.2, 0.25) is 0 Å². The molecule has 0 aromatic heterocycles. The Morgan fingerprint density at radius 1 is 1.26 bits per heavy atom. The summed E-state index contributed by atoms with van der Waals surface area (Å²) in [4.78, 5) is 26.5. The van der Waals surface area contributed by atoms with E-state index in [1.54, 1.807) is 12.1 Å². The van der Waals surface area contributed by atoms with Gasteiger partial charge >= 0.3 is 19.3 Å². The van der Waals surface area contributed by atoms with Crippen LogP contribution in [0.2, 0.25) is 5.82 Å². The summed E-state index contributed by atoms with van der Waals surface area (Å²) in [6.07, 6.45) is -6.24. The van der Waals surface area contributed by atoms with Gasteiger partial charge in [-0.05, 0) is 18.1 Å². The zero-order valence-electron chi connectivity index (χ0n) is 17.0. The number of carbonyl (C=O) groups is 2. The minimum absolute atomic E-state index is 0.167. The normalized spacial score (nSPS) is 19.5. The van der Waals surface area contributed by atoms with Crippen molar-refractivity contribution in [2.45, 2.75) is 37.7 Å². The summed E-state index contributed by atoms with van der Waals surface area (Å²) < 4.78 is 53.0. The Morgan fingerprint density at radius 2 is 2.00 bits per heavy atom. The molecule has 0 amide bonds. The van der Waals surface area contributed by atoms with E-state index in [1.807, 2.05) is 0 Å². The van der Waals surface area contributed by atoms with Crippen LogP contribution in [-0.2, 0) is 20.7 Å². The number of benzene rings is 1. The molecule has 7 nitrogen and oxygen atoms in total. The largest absolute Gasteiger partial charge is 0.535 e. The lowest BCUT2D eigenvalue weighted by Crippen LogP contribution is -2.38. The number of hydrogen-bond donors (Lipinski definition) is 1. The van der Waals surface area contributed by atoms with Crippen LogP contribution in [0, 0.1) is 0 Å². The lowest BCUT2D eigenvalue weighted by Gasteiger charge is -2.28. The Morgan fingerprint density at radius 3 is 2.71 bits per heavy atom. The van der Waals surface area contributed by atoms with Crippen molar-refractivity contribution in [3.8, 4) is 5.75 Å². The molecule has 3 rings (SSSR count). The van der Waals surface area contributed by atoms with Crippen molar-refractivity contribution >= 4 is 18.9 Å². The van der Waals surface area contributed by atoms with Crippen LogP contribution in [0.15, 0.2) is 18.2 Å². The maximum Gasteiger partial charge on any atom is 0.526 e. The second-order valence-electron chi connectivity index (χ2n) is 7.71. The number of para-hydroxylation sites is 1. The highest BCUT2D eigenvalue weighted by Gasteiger charge is 2.38. The second kappa shape index (κ2) is 10.5. The van der Waals surface area contributed by atoms with E-state index in [0.29, 0.717) is 25.3 Å². The minimum atomic E-state index is -4.40. The summed E-state index contributed by atoms with van der Waals surface area (Å²) >= 11 is 0. The number of morpholine rings is 1. The van der Waals surface area contributed by atoms with Gasteiger partial charge in [0.15, 0.2) is 0 Å². The molecule has 2 aliphatic rings. The quantitative estimate of drug-likeness (QED) is 0.488. The van der Waals surface area contributed by atoms with Crippen LogP contribution in [0.25, 0.3) is 0 Å². The van der Waals surface area contributed by atoms with E-state index in [1.165, 1.54) is 6.07 Å². The van der Waals surface area contributed by atoms with Crippen LogP contribution in [0.1, 0.15) is 35.2 Å². The monoisotopic (exact) mass is 443 g/mol. The molecule has 1 saturated heterocycles. The number of nitrogens with zero attached hydrogens (tertiary/aromatic N) is 1. The molecule has 1 atom stereocenters. The summed E-state index contributed by atoms with van der Waals surface area (Å²) in [6.45, 7) is 3.61. The van der Waals surface area contributed by atoms with Crippen molar-refractivity contribution in [3.63, 3.8) is 0 Å². The maximum absolute atomic E-state index is 12.5. The number of ketones is 1. The van der Waals surface area contributed by atoms with Crippen LogP contribution >= 0.6 is 0 Å². The molecule has 11 heteroatoms. The highest BCUT2D eigenvalue weighted by atomic mass is 19.4. The first-order valence-corrected chi connectivity index (χ1v) is 10.3. The van der Waals surface area contributed by atoms with Crippen molar-refractivity contribution < 1.29 is 41.9 Å². The van der Waals surface area contributed by atoms with Crippen LogP contribution in [0.3, 0.4) is 0 Å². The fourth-order valence-electron chi connectivity index (χ4n) is 3.66. The molecule has 0 bridgehead atoms. The summed E-state index contributed by atoms with van der Waals surface area (Å²) in [6, 6.07) is 4.86. The molecule has 2 heterocycles. The maximum atomic E-state index is 12.5. The van der Waals surface area contributed by atoms with Gasteiger partial charge in [0, 0.05) is 38.3 Å². The zero-order valence-corrected chi connectivity index (χ0v) is 17.0. The summed E-state index contributed by atoms with van der Waals surface area (Å²) in [5.74, 6) is -1.67. The molecule has 31 heavy (non-hydrogen) atoms. The van der Waals surface area contributed by atoms with Crippen molar-refractivity contribution in [1.29, 1.82) is 0 Å². The smallest absolute Gasteiger partial charge is 0.526 e. The van der Waals surface area contributed by atoms with Crippen molar-refractivity contribution in [2.24, 2.45) is 0 Å². The molecule has 0 aliphatic carbocycles. The van der Waals surface area contributed by atoms with Gasteiger partial charge in [-0.3, -0.25) is 9.69 Å². The average Bonchev–Trinajstić information content (AvgIpc) is 2.72. The Hall–Kier alpha value is -2.11. The molecule has 2 aliphatic heterocycles. The third-order valence-electron chi connectivity index (χ3n) is 5.36. The lowest BCUT2D eigenvalue weighted by molar-refractivity contribution is -0.143. The molecule has 1 aromatic carbocycles. The molecule has 0 saturated carbocycles.